The fourth-order valence-electron chi connectivity index (χ4n) is 1.29. The van der Waals surface area contributed by atoms with Crippen molar-refractivity contribution in [3.63, 3.8) is 0 Å². The van der Waals surface area contributed by atoms with E-state index in [2.05, 4.69) is 33.9 Å². The molecule has 0 amide bonds. The van der Waals surface area contributed by atoms with Crippen LogP contribution in [0.15, 0.2) is 18.3 Å². The molecule has 1 aromatic heterocycles. The molecular weight excluding hydrogens is 242 g/mol. The molecule has 0 aliphatic heterocycles. The van der Waals surface area contributed by atoms with E-state index in [1.54, 1.807) is 7.11 Å². The summed E-state index contributed by atoms with van der Waals surface area (Å²) in [6, 6.07) is 4.07. The first-order valence-corrected chi connectivity index (χ1v) is 5.69. The molecule has 1 heterocycles. The Bertz CT molecular complexity index is 278. The van der Waals surface area contributed by atoms with Gasteiger partial charge in [-0.1, -0.05) is 22.0 Å². The van der Waals surface area contributed by atoms with Crippen LogP contribution in [0.2, 0.25) is 0 Å². The lowest BCUT2D eigenvalue weighted by molar-refractivity contribution is 0.194. The van der Waals surface area contributed by atoms with Crippen molar-refractivity contribution < 1.29 is 4.74 Å². The van der Waals surface area contributed by atoms with E-state index in [1.807, 2.05) is 12.3 Å². The first kappa shape index (κ1) is 11.7. The Labute approximate surface area is 93.8 Å². The highest BCUT2D eigenvalue weighted by atomic mass is 79.9. The van der Waals surface area contributed by atoms with Crippen LogP contribution < -0.4 is 0 Å². The van der Waals surface area contributed by atoms with Crippen molar-refractivity contribution in [3.05, 3.63) is 29.6 Å². The van der Waals surface area contributed by atoms with Gasteiger partial charge in [-0.05, 0) is 25.0 Å². The minimum atomic E-state index is 0.455. The molecule has 1 aromatic rings. The van der Waals surface area contributed by atoms with Crippen LogP contribution >= 0.6 is 15.9 Å². The second-order valence-electron chi connectivity index (χ2n) is 3.35. The van der Waals surface area contributed by atoms with E-state index in [9.17, 15) is 0 Å². The van der Waals surface area contributed by atoms with Crippen molar-refractivity contribution in [1.29, 1.82) is 0 Å². The van der Waals surface area contributed by atoms with Crippen molar-refractivity contribution >= 4 is 15.9 Å². The van der Waals surface area contributed by atoms with Crippen LogP contribution in [0, 0.1) is 6.92 Å². The van der Waals surface area contributed by atoms with Gasteiger partial charge in [0.05, 0.1) is 0 Å². The van der Waals surface area contributed by atoms with Gasteiger partial charge < -0.3 is 4.74 Å². The van der Waals surface area contributed by atoms with Crippen LogP contribution in [0.3, 0.4) is 0 Å². The molecule has 0 spiro atoms. The molecule has 1 unspecified atom stereocenters. The van der Waals surface area contributed by atoms with E-state index >= 15 is 0 Å². The summed E-state index contributed by atoms with van der Waals surface area (Å²) in [5, 5.41) is 0. The van der Waals surface area contributed by atoms with Crippen molar-refractivity contribution in [3.8, 4) is 0 Å². The van der Waals surface area contributed by atoms with Gasteiger partial charge in [0.15, 0.2) is 0 Å². The van der Waals surface area contributed by atoms with Crippen molar-refractivity contribution in [2.75, 3.05) is 13.7 Å². The lowest BCUT2D eigenvalue weighted by Crippen LogP contribution is -2.08. The summed E-state index contributed by atoms with van der Waals surface area (Å²) in [7, 11) is 1.73. The molecule has 0 aromatic carbocycles. The van der Waals surface area contributed by atoms with Gasteiger partial charge in [0.2, 0.25) is 0 Å². The summed E-state index contributed by atoms with van der Waals surface area (Å²) in [5.41, 5.74) is 2.43. The number of halogens is 1. The zero-order valence-corrected chi connectivity index (χ0v) is 10.3. The molecule has 0 aliphatic carbocycles. The highest BCUT2D eigenvalue weighted by molar-refractivity contribution is 9.09. The first-order chi connectivity index (χ1) is 6.74. The molecule has 0 bridgehead atoms. The van der Waals surface area contributed by atoms with Crippen LogP contribution in [0.5, 0.6) is 0 Å². The average Bonchev–Trinajstić information content (AvgIpc) is 2.18. The van der Waals surface area contributed by atoms with Gasteiger partial charge in [-0.15, -0.1) is 0 Å². The minimum Gasteiger partial charge on any atom is -0.385 e. The van der Waals surface area contributed by atoms with Crippen molar-refractivity contribution in [2.24, 2.45) is 0 Å². The molecule has 0 aliphatic rings. The molecule has 0 radical (unpaired) electrons. The lowest BCUT2D eigenvalue weighted by atomic mass is 10.1. The van der Waals surface area contributed by atoms with Crippen LogP contribution in [-0.2, 0) is 11.2 Å². The van der Waals surface area contributed by atoms with E-state index < -0.39 is 0 Å². The summed E-state index contributed by atoms with van der Waals surface area (Å²) in [6.45, 7) is 2.89. The van der Waals surface area contributed by atoms with E-state index in [0.29, 0.717) is 4.83 Å². The Hall–Kier alpha value is -0.410. The minimum absolute atomic E-state index is 0.455. The molecule has 2 nitrogen and oxygen atoms in total. The van der Waals surface area contributed by atoms with Gasteiger partial charge in [-0.25, -0.2) is 0 Å². The maximum atomic E-state index is 5.03. The molecule has 0 fully saturated rings. The van der Waals surface area contributed by atoms with E-state index in [-0.39, 0.29) is 0 Å². The largest absolute Gasteiger partial charge is 0.385 e. The smallest absolute Gasteiger partial charge is 0.0473 e. The van der Waals surface area contributed by atoms with Gasteiger partial charge in [-0.3, -0.25) is 4.98 Å². The number of aromatic nitrogens is 1. The van der Waals surface area contributed by atoms with Gasteiger partial charge in [0, 0.05) is 36.9 Å². The number of aryl methyl sites for hydroxylation is 1. The zero-order valence-electron chi connectivity index (χ0n) is 8.66. The summed E-state index contributed by atoms with van der Waals surface area (Å²) in [4.78, 5) is 4.81. The molecule has 78 valence electrons. The quantitative estimate of drug-likeness (QED) is 0.757. The lowest BCUT2D eigenvalue weighted by Gasteiger charge is -2.09. The topological polar surface area (TPSA) is 22.1 Å². The number of hydrogen-bond donors (Lipinski definition) is 0. The van der Waals surface area contributed by atoms with E-state index in [1.165, 1.54) is 11.3 Å². The van der Waals surface area contributed by atoms with Crippen LogP contribution in [0.4, 0.5) is 0 Å². The van der Waals surface area contributed by atoms with Crippen LogP contribution in [0.25, 0.3) is 0 Å². The van der Waals surface area contributed by atoms with Crippen LogP contribution in [0.1, 0.15) is 17.7 Å². The molecule has 1 atom stereocenters. The average molecular weight is 258 g/mol. The predicted octanol–water partition coefficient (Wildman–Crippen LogP) is 2.73. The Morgan fingerprint density at radius 2 is 2.36 bits per heavy atom. The molecular formula is C11H16BrNO. The number of nitrogens with zero attached hydrogens (tertiary/aromatic N) is 1. The summed E-state index contributed by atoms with van der Waals surface area (Å²) >= 11 is 3.63. The number of pyridine rings is 1. The SMILES string of the molecule is COCCC(Br)Cc1ncccc1C. The summed E-state index contributed by atoms with van der Waals surface area (Å²) in [5.74, 6) is 0. The van der Waals surface area contributed by atoms with E-state index in [4.69, 9.17) is 4.74 Å². The number of methoxy groups -OCH3 is 1. The maximum absolute atomic E-state index is 5.03. The number of rotatable bonds is 5. The predicted molar refractivity (Wildman–Crippen MR) is 61.9 cm³/mol. The fourth-order valence-corrected chi connectivity index (χ4v) is 1.78. The molecule has 0 N–H and O–H groups in total. The Morgan fingerprint density at radius 3 is 3.00 bits per heavy atom. The third-order valence-electron chi connectivity index (χ3n) is 2.17. The Morgan fingerprint density at radius 1 is 1.57 bits per heavy atom. The standard InChI is InChI=1S/C11H16BrNO/c1-9-4-3-6-13-11(9)8-10(12)5-7-14-2/h3-4,6,10H,5,7-8H2,1-2H3. The first-order valence-electron chi connectivity index (χ1n) is 4.77. The molecule has 0 saturated carbocycles. The van der Waals surface area contributed by atoms with Crippen molar-refractivity contribution in [1.82, 2.24) is 4.98 Å². The van der Waals surface area contributed by atoms with Gasteiger partial charge >= 0.3 is 0 Å². The summed E-state index contributed by atoms with van der Waals surface area (Å²) in [6.07, 6.45) is 3.83. The maximum Gasteiger partial charge on any atom is 0.0473 e. The molecule has 3 heteroatoms. The normalized spacial score (nSPS) is 12.8. The van der Waals surface area contributed by atoms with Crippen molar-refractivity contribution in [2.45, 2.75) is 24.6 Å². The van der Waals surface area contributed by atoms with Gasteiger partial charge in [0.1, 0.15) is 0 Å². The monoisotopic (exact) mass is 257 g/mol. The summed E-state index contributed by atoms with van der Waals surface area (Å²) < 4.78 is 5.03. The highest BCUT2D eigenvalue weighted by Gasteiger charge is 2.07. The number of hydrogen-bond acceptors (Lipinski definition) is 2. The number of ether oxygens (including phenoxy) is 1. The fraction of sp³-hybridized carbons (Fsp3) is 0.545. The second-order valence-corrected chi connectivity index (χ2v) is 4.64. The second kappa shape index (κ2) is 6.14. The van der Waals surface area contributed by atoms with Gasteiger partial charge in [0.25, 0.3) is 0 Å². The Balaban J connectivity index is 2.47. The molecule has 0 saturated heterocycles. The van der Waals surface area contributed by atoms with E-state index in [0.717, 1.165) is 19.4 Å². The Kier molecular flexibility index (Phi) is 5.12. The molecule has 1 rings (SSSR count). The third-order valence-corrected chi connectivity index (χ3v) is 2.95. The number of alkyl halides is 1. The van der Waals surface area contributed by atoms with Crippen LogP contribution in [-0.4, -0.2) is 23.5 Å². The molecule has 14 heavy (non-hydrogen) atoms. The van der Waals surface area contributed by atoms with Gasteiger partial charge in [-0.2, -0.15) is 0 Å². The zero-order chi connectivity index (χ0) is 10.4. The highest BCUT2D eigenvalue weighted by Crippen LogP contribution is 2.14. The third kappa shape index (κ3) is 3.76.